The topological polar surface area (TPSA) is 60.1 Å². The number of para-hydroxylation sites is 1. The van der Waals surface area contributed by atoms with Crippen LogP contribution in [0.25, 0.3) is 5.69 Å². The van der Waals surface area contributed by atoms with Gasteiger partial charge in [-0.05, 0) is 37.3 Å². The van der Waals surface area contributed by atoms with Crippen molar-refractivity contribution in [2.24, 2.45) is 13.0 Å². The summed E-state index contributed by atoms with van der Waals surface area (Å²) < 4.78 is 3.08. The number of carbonyl (C=O) groups is 1. The first-order valence-electron chi connectivity index (χ1n) is 9.46. The molecule has 0 radical (unpaired) electrons. The summed E-state index contributed by atoms with van der Waals surface area (Å²) in [5.41, 5.74) is 0.679. The molecule has 1 saturated heterocycles. The fraction of sp³-hybridized carbons (Fsp3) is 0.550. The summed E-state index contributed by atoms with van der Waals surface area (Å²) in [5, 5.41) is 4.51. The van der Waals surface area contributed by atoms with Crippen LogP contribution in [-0.4, -0.2) is 38.2 Å². The molecule has 1 aliphatic heterocycles. The molecule has 1 fully saturated rings. The van der Waals surface area contributed by atoms with Gasteiger partial charge in [-0.3, -0.25) is 4.79 Å². The van der Waals surface area contributed by atoms with Gasteiger partial charge in [-0.25, -0.2) is 14.0 Å². The number of hydrogen-bond donors (Lipinski definition) is 0. The van der Waals surface area contributed by atoms with Crippen LogP contribution in [0.1, 0.15) is 51.3 Å². The number of rotatable bonds is 5. The van der Waals surface area contributed by atoms with Gasteiger partial charge in [-0.15, -0.1) is 0 Å². The van der Waals surface area contributed by atoms with Gasteiger partial charge in [-0.1, -0.05) is 32.0 Å². The Bertz CT molecular complexity index is 807. The lowest BCUT2D eigenvalue weighted by Gasteiger charge is -2.32. The first-order chi connectivity index (χ1) is 12.5. The highest BCUT2D eigenvalue weighted by atomic mass is 16.2. The van der Waals surface area contributed by atoms with E-state index in [1.54, 1.807) is 11.6 Å². The van der Waals surface area contributed by atoms with Crippen LogP contribution in [0.15, 0.2) is 35.1 Å². The van der Waals surface area contributed by atoms with Crippen molar-refractivity contribution in [2.75, 3.05) is 13.1 Å². The van der Waals surface area contributed by atoms with Crippen molar-refractivity contribution < 1.29 is 4.79 Å². The lowest BCUT2D eigenvalue weighted by Crippen LogP contribution is -2.40. The van der Waals surface area contributed by atoms with E-state index in [0.29, 0.717) is 18.9 Å². The van der Waals surface area contributed by atoms with E-state index in [9.17, 15) is 9.59 Å². The number of benzene rings is 1. The highest BCUT2D eigenvalue weighted by Gasteiger charge is 2.29. The Balaban J connectivity index is 1.84. The van der Waals surface area contributed by atoms with Gasteiger partial charge in [0.15, 0.2) is 0 Å². The molecule has 1 aromatic carbocycles. The molecule has 0 bridgehead atoms. The molecule has 1 aromatic heterocycles. The molecule has 1 amide bonds. The normalized spacial score (nSPS) is 17.7. The molecule has 6 nitrogen and oxygen atoms in total. The average Bonchev–Trinajstić information content (AvgIpc) is 2.95. The highest BCUT2D eigenvalue weighted by Crippen LogP contribution is 2.27. The molecule has 6 heteroatoms. The number of piperidine rings is 1. The van der Waals surface area contributed by atoms with Gasteiger partial charge in [0.1, 0.15) is 5.82 Å². The molecule has 0 saturated carbocycles. The molecule has 140 valence electrons. The minimum atomic E-state index is -0.144. The van der Waals surface area contributed by atoms with Crippen molar-refractivity contribution in [1.82, 2.24) is 19.2 Å². The van der Waals surface area contributed by atoms with Crippen molar-refractivity contribution in [2.45, 2.75) is 45.4 Å². The van der Waals surface area contributed by atoms with Crippen LogP contribution in [0.2, 0.25) is 0 Å². The third-order valence-corrected chi connectivity index (χ3v) is 5.04. The molecule has 2 aromatic rings. The molecule has 0 unspecified atom stereocenters. The zero-order valence-electron chi connectivity index (χ0n) is 15.9. The summed E-state index contributed by atoms with van der Waals surface area (Å²) >= 11 is 0. The number of amides is 1. The Morgan fingerprint density at radius 1 is 1.27 bits per heavy atom. The zero-order valence-corrected chi connectivity index (χ0v) is 15.9. The van der Waals surface area contributed by atoms with Crippen LogP contribution in [-0.2, 0) is 11.8 Å². The Morgan fingerprint density at radius 2 is 2.00 bits per heavy atom. The van der Waals surface area contributed by atoms with Gasteiger partial charge in [-0.2, -0.15) is 5.10 Å². The fourth-order valence-electron chi connectivity index (χ4n) is 3.55. The van der Waals surface area contributed by atoms with E-state index < -0.39 is 0 Å². The Morgan fingerprint density at radius 3 is 2.69 bits per heavy atom. The van der Waals surface area contributed by atoms with E-state index in [0.717, 1.165) is 37.3 Å². The standard InChI is InChI=1S/C20H28N4O2/c1-15(2)11-12-18(25)23-13-7-8-16(14-23)19-21-22(3)20(26)24(19)17-9-5-4-6-10-17/h4-6,9-10,15-16H,7-8,11-14H2,1-3H3/t16-/m0/s1. The smallest absolute Gasteiger partial charge is 0.342 e. The van der Waals surface area contributed by atoms with Gasteiger partial charge < -0.3 is 4.90 Å². The van der Waals surface area contributed by atoms with Crippen LogP contribution in [0.3, 0.4) is 0 Å². The van der Waals surface area contributed by atoms with Crippen molar-refractivity contribution >= 4 is 5.91 Å². The zero-order chi connectivity index (χ0) is 18.7. The number of carbonyl (C=O) groups excluding carboxylic acids is 1. The van der Waals surface area contributed by atoms with Crippen LogP contribution in [0.4, 0.5) is 0 Å². The Kier molecular flexibility index (Phi) is 5.59. The number of hydrogen-bond acceptors (Lipinski definition) is 3. The summed E-state index contributed by atoms with van der Waals surface area (Å²) in [6.07, 6.45) is 3.39. The number of aromatic nitrogens is 3. The van der Waals surface area contributed by atoms with Gasteiger partial charge in [0.2, 0.25) is 5.91 Å². The maximum absolute atomic E-state index is 12.6. The average molecular weight is 356 g/mol. The molecule has 1 atom stereocenters. The van der Waals surface area contributed by atoms with Gasteiger partial charge in [0.05, 0.1) is 5.69 Å². The molecule has 0 aliphatic carbocycles. The van der Waals surface area contributed by atoms with Crippen LogP contribution >= 0.6 is 0 Å². The SMILES string of the molecule is CC(C)CCC(=O)N1CCC[C@H](c2nn(C)c(=O)n2-c2ccccc2)C1. The van der Waals surface area contributed by atoms with Crippen molar-refractivity contribution in [1.29, 1.82) is 0 Å². The first-order valence-corrected chi connectivity index (χ1v) is 9.46. The van der Waals surface area contributed by atoms with Gasteiger partial charge >= 0.3 is 5.69 Å². The van der Waals surface area contributed by atoms with Crippen molar-refractivity contribution in [3.63, 3.8) is 0 Å². The van der Waals surface area contributed by atoms with Crippen molar-refractivity contribution in [3.05, 3.63) is 46.6 Å². The minimum Gasteiger partial charge on any atom is -0.342 e. The quantitative estimate of drug-likeness (QED) is 0.828. The monoisotopic (exact) mass is 356 g/mol. The van der Waals surface area contributed by atoms with Crippen LogP contribution in [0, 0.1) is 5.92 Å². The summed E-state index contributed by atoms with van der Waals surface area (Å²) in [7, 11) is 1.68. The molecule has 26 heavy (non-hydrogen) atoms. The molecule has 2 heterocycles. The summed E-state index contributed by atoms with van der Waals surface area (Å²) in [5.74, 6) is 1.58. The van der Waals surface area contributed by atoms with E-state index >= 15 is 0 Å². The summed E-state index contributed by atoms with van der Waals surface area (Å²) in [4.78, 5) is 27.1. The second-order valence-electron chi connectivity index (χ2n) is 7.55. The van der Waals surface area contributed by atoms with E-state index in [1.165, 1.54) is 4.68 Å². The van der Waals surface area contributed by atoms with E-state index in [-0.39, 0.29) is 17.5 Å². The fourth-order valence-corrected chi connectivity index (χ4v) is 3.55. The first kappa shape index (κ1) is 18.4. The predicted octanol–water partition coefficient (Wildman–Crippen LogP) is 2.71. The Labute approximate surface area is 154 Å². The second kappa shape index (κ2) is 7.89. The molecular formula is C20H28N4O2. The van der Waals surface area contributed by atoms with Crippen molar-refractivity contribution in [3.8, 4) is 5.69 Å². The molecule has 1 aliphatic rings. The van der Waals surface area contributed by atoms with Crippen LogP contribution in [0.5, 0.6) is 0 Å². The number of likely N-dealkylation sites (tertiary alicyclic amines) is 1. The second-order valence-corrected chi connectivity index (χ2v) is 7.55. The molecule has 0 spiro atoms. The predicted molar refractivity (Wildman–Crippen MR) is 101 cm³/mol. The van der Waals surface area contributed by atoms with E-state index in [1.807, 2.05) is 35.2 Å². The molecule has 0 N–H and O–H groups in total. The summed E-state index contributed by atoms with van der Waals surface area (Å²) in [6.45, 7) is 5.72. The van der Waals surface area contributed by atoms with Gasteiger partial charge in [0, 0.05) is 32.5 Å². The molecule has 3 rings (SSSR count). The largest absolute Gasteiger partial charge is 0.350 e. The minimum absolute atomic E-state index is 0.0841. The van der Waals surface area contributed by atoms with Crippen LogP contribution < -0.4 is 5.69 Å². The number of nitrogens with zero attached hydrogens (tertiary/aromatic N) is 4. The summed E-state index contributed by atoms with van der Waals surface area (Å²) in [6, 6.07) is 9.60. The maximum atomic E-state index is 12.6. The van der Waals surface area contributed by atoms with Gasteiger partial charge in [0.25, 0.3) is 0 Å². The van der Waals surface area contributed by atoms with E-state index in [4.69, 9.17) is 0 Å². The van der Waals surface area contributed by atoms with E-state index in [2.05, 4.69) is 18.9 Å². The third kappa shape index (κ3) is 3.89. The Hall–Kier alpha value is -2.37. The molecular weight excluding hydrogens is 328 g/mol. The lowest BCUT2D eigenvalue weighted by atomic mass is 9.96. The highest BCUT2D eigenvalue weighted by molar-refractivity contribution is 5.76. The third-order valence-electron chi connectivity index (χ3n) is 5.04. The lowest BCUT2D eigenvalue weighted by molar-refractivity contribution is -0.132. The number of aryl methyl sites for hydroxylation is 1. The maximum Gasteiger partial charge on any atom is 0.350 e.